The highest BCUT2D eigenvalue weighted by atomic mass is 16.7. The van der Waals surface area contributed by atoms with E-state index >= 15 is 0 Å². The number of hydrogen-bond donors (Lipinski definition) is 0. The fraction of sp³-hybridized carbons (Fsp3) is 0.708. The molecule has 0 radical (unpaired) electrons. The second-order valence-electron chi connectivity index (χ2n) is 7.89. The predicted molar refractivity (Wildman–Crippen MR) is 113 cm³/mol. The molecule has 28 heavy (non-hydrogen) atoms. The first-order valence-corrected chi connectivity index (χ1v) is 11.2. The molecule has 1 aliphatic heterocycles. The molecular weight excluding hydrogens is 352 g/mol. The standard InChI is InChI=1S/C24H38O4/c1-21-15-17-22(18-16-21)28-23(25)13-9-7-5-3-2-4-6-8-11-19-26-24-14-10-12-20-27-24/h15-18,24H,2-14,19-20H2,1H3. The summed E-state index contributed by atoms with van der Waals surface area (Å²) in [5.74, 6) is 0.525. The second-order valence-corrected chi connectivity index (χ2v) is 7.89. The Kier molecular flexibility index (Phi) is 11.9. The molecule has 0 amide bonds. The molecule has 0 aromatic heterocycles. The number of esters is 1. The van der Waals surface area contributed by atoms with Crippen LogP contribution in [0.15, 0.2) is 24.3 Å². The lowest BCUT2D eigenvalue weighted by atomic mass is 10.1. The monoisotopic (exact) mass is 390 g/mol. The summed E-state index contributed by atoms with van der Waals surface area (Å²) in [4.78, 5) is 11.8. The Morgan fingerprint density at radius 2 is 1.57 bits per heavy atom. The van der Waals surface area contributed by atoms with Crippen molar-refractivity contribution in [3.05, 3.63) is 29.8 Å². The summed E-state index contributed by atoms with van der Waals surface area (Å²) in [6, 6.07) is 7.62. The third-order valence-electron chi connectivity index (χ3n) is 5.22. The Labute approximate surface area is 170 Å². The Morgan fingerprint density at radius 3 is 2.21 bits per heavy atom. The summed E-state index contributed by atoms with van der Waals surface area (Å²) < 4.78 is 16.7. The molecule has 1 fully saturated rings. The molecule has 158 valence electrons. The molecule has 1 aromatic carbocycles. The van der Waals surface area contributed by atoms with Crippen molar-refractivity contribution in [2.75, 3.05) is 13.2 Å². The van der Waals surface area contributed by atoms with Crippen LogP contribution in [0.25, 0.3) is 0 Å². The summed E-state index contributed by atoms with van der Waals surface area (Å²) in [6.07, 6.45) is 14.8. The van der Waals surface area contributed by atoms with Crippen LogP contribution in [0, 0.1) is 6.92 Å². The van der Waals surface area contributed by atoms with Gasteiger partial charge < -0.3 is 14.2 Å². The first-order chi connectivity index (χ1) is 13.7. The van der Waals surface area contributed by atoms with Crippen molar-refractivity contribution in [1.82, 2.24) is 0 Å². The number of aryl methyl sites for hydroxylation is 1. The number of carbonyl (C=O) groups is 1. The molecule has 0 bridgehead atoms. The Balaban J connectivity index is 1.32. The minimum absolute atomic E-state index is 0.0583. The molecule has 0 spiro atoms. The Bertz CT molecular complexity index is 520. The summed E-state index contributed by atoms with van der Waals surface area (Å²) in [5, 5.41) is 0. The summed E-state index contributed by atoms with van der Waals surface area (Å²) >= 11 is 0. The molecule has 4 nitrogen and oxygen atoms in total. The zero-order valence-corrected chi connectivity index (χ0v) is 17.6. The third-order valence-corrected chi connectivity index (χ3v) is 5.22. The van der Waals surface area contributed by atoms with Crippen LogP contribution in [-0.4, -0.2) is 25.5 Å². The number of ether oxygens (including phenoxy) is 3. The molecule has 2 rings (SSSR count). The quantitative estimate of drug-likeness (QED) is 0.211. The van der Waals surface area contributed by atoms with Crippen LogP contribution >= 0.6 is 0 Å². The van der Waals surface area contributed by atoms with Gasteiger partial charge in [0.2, 0.25) is 0 Å². The van der Waals surface area contributed by atoms with E-state index in [2.05, 4.69) is 0 Å². The van der Waals surface area contributed by atoms with E-state index in [1.165, 1.54) is 56.9 Å². The summed E-state index contributed by atoms with van der Waals surface area (Å²) in [5.41, 5.74) is 1.17. The Morgan fingerprint density at radius 1 is 0.929 bits per heavy atom. The van der Waals surface area contributed by atoms with Gasteiger partial charge in [-0.05, 0) is 51.2 Å². The van der Waals surface area contributed by atoms with Crippen molar-refractivity contribution in [3.8, 4) is 5.75 Å². The van der Waals surface area contributed by atoms with Crippen LogP contribution < -0.4 is 4.74 Å². The molecule has 1 atom stereocenters. The van der Waals surface area contributed by atoms with E-state index in [1.807, 2.05) is 31.2 Å². The second kappa shape index (κ2) is 14.6. The maximum absolute atomic E-state index is 11.8. The number of hydrogen-bond acceptors (Lipinski definition) is 4. The van der Waals surface area contributed by atoms with Gasteiger partial charge in [-0.15, -0.1) is 0 Å². The van der Waals surface area contributed by atoms with Gasteiger partial charge in [-0.25, -0.2) is 0 Å². The highest BCUT2D eigenvalue weighted by Gasteiger charge is 2.13. The van der Waals surface area contributed by atoms with Gasteiger partial charge in [0.15, 0.2) is 6.29 Å². The van der Waals surface area contributed by atoms with Crippen molar-refractivity contribution >= 4 is 5.97 Å². The van der Waals surface area contributed by atoms with Gasteiger partial charge in [-0.2, -0.15) is 0 Å². The molecule has 1 aromatic rings. The van der Waals surface area contributed by atoms with Gasteiger partial charge in [-0.3, -0.25) is 4.79 Å². The van der Waals surface area contributed by atoms with Gasteiger partial charge in [0, 0.05) is 19.6 Å². The lowest BCUT2D eigenvalue weighted by Crippen LogP contribution is -2.22. The summed E-state index contributed by atoms with van der Waals surface area (Å²) in [7, 11) is 0. The molecule has 1 heterocycles. The smallest absolute Gasteiger partial charge is 0.311 e. The van der Waals surface area contributed by atoms with E-state index in [-0.39, 0.29) is 12.3 Å². The van der Waals surface area contributed by atoms with E-state index in [1.54, 1.807) is 0 Å². The lowest BCUT2D eigenvalue weighted by Gasteiger charge is -2.22. The highest BCUT2D eigenvalue weighted by Crippen LogP contribution is 2.16. The normalized spacial score (nSPS) is 16.8. The summed E-state index contributed by atoms with van der Waals surface area (Å²) in [6.45, 7) is 3.72. The van der Waals surface area contributed by atoms with Crippen LogP contribution in [0.5, 0.6) is 5.75 Å². The van der Waals surface area contributed by atoms with Gasteiger partial charge in [0.05, 0.1) is 0 Å². The number of carbonyl (C=O) groups excluding carboxylic acids is 1. The van der Waals surface area contributed by atoms with Gasteiger partial charge >= 0.3 is 5.97 Å². The molecule has 0 N–H and O–H groups in total. The average molecular weight is 391 g/mol. The topological polar surface area (TPSA) is 44.8 Å². The first-order valence-electron chi connectivity index (χ1n) is 11.2. The van der Waals surface area contributed by atoms with Crippen LogP contribution in [0.3, 0.4) is 0 Å². The molecule has 1 aliphatic rings. The Hall–Kier alpha value is -1.39. The van der Waals surface area contributed by atoms with Gasteiger partial charge in [0.1, 0.15) is 5.75 Å². The molecule has 1 saturated heterocycles. The van der Waals surface area contributed by atoms with Crippen molar-refractivity contribution in [2.24, 2.45) is 0 Å². The van der Waals surface area contributed by atoms with E-state index < -0.39 is 0 Å². The van der Waals surface area contributed by atoms with Crippen molar-refractivity contribution < 1.29 is 19.0 Å². The first kappa shape index (κ1) is 22.9. The van der Waals surface area contributed by atoms with E-state index in [4.69, 9.17) is 14.2 Å². The van der Waals surface area contributed by atoms with E-state index in [9.17, 15) is 4.79 Å². The number of rotatable bonds is 14. The molecule has 4 heteroatoms. The van der Waals surface area contributed by atoms with Crippen LogP contribution in [0.4, 0.5) is 0 Å². The fourth-order valence-corrected chi connectivity index (χ4v) is 3.46. The van der Waals surface area contributed by atoms with Crippen LogP contribution in [0.2, 0.25) is 0 Å². The van der Waals surface area contributed by atoms with Crippen molar-refractivity contribution in [2.45, 2.75) is 96.7 Å². The van der Waals surface area contributed by atoms with Crippen molar-refractivity contribution in [1.29, 1.82) is 0 Å². The van der Waals surface area contributed by atoms with Gasteiger partial charge in [0.25, 0.3) is 0 Å². The van der Waals surface area contributed by atoms with Gasteiger partial charge in [-0.1, -0.05) is 62.6 Å². The van der Waals surface area contributed by atoms with E-state index in [0.717, 1.165) is 38.9 Å². The maximum atomic E-state index is 11.8. The zero-order valence-electron chi connectivity index (χ0n) is 17.6. The number of unbranched alkanes of at least 4 members (excludes halogenated alkanes) is 8. The number of benzene rings is 1. The minimum atomic E-state index is -0.121. The van der Waals surface area contributed by atoms with Crippen LogP contribution in [-0.2, 0) is 14.3 Å². The fourth-order valence-electron chi connectivity index (χ4n) is 3.46. The van der Waals surface area contributed by atoms with Crippen LogP contribution in [0.1, 0.15) is 89.0 Å². The maximum Gasteiger partial charge on any atom is 0.311 e. The largest absolute Gasteiger partial charge is 0.427 e. The minimum Gasteiger partial charge on any atom is -0.427 e. The lowest BCUT2D eigenvalue weighted by molar-refractivity contribution is -0.162. The molecular formula is C24H38O4. The third kappa shape index (κ3) is 10.8. The highest BCUT2D eigenvalue weighted by molar-refractivity contribution is 5.72. The average Bonchev–Trinajstić information content (AvgIpc) is 2.71. The SMILES string of the molecule is Cc1ccc(OC(=O)CCCCCCCCCCCOC2CCCCO2)cc1. The molecule has 0 aliphatic carbocycles. The molecule has 0 saturated carbocycles. The van der Waals surface area contributed by atoms with Crippen molar-refractivity contribution in [3.63, 3.8) is 0 Å². The van der Waals surface area contributed by atoms with E-state index in [0.29, 0.717) is 12.2 Å². The zero-order chi connectivity index (χ0) is 19.9. The predicted octanol–water partition coefficient (Wildman–Crippen LogP) is 6.34. The molecule has 1 unspecified atom stereocenters.